The second-order valence-corrected chi connectivity index (χ2v) is 4.33. The van der Waals surface area contributed by atoms with E-state index in [9.17, 15) is 22.8 Å². The van der Waals surface area contributed by atoms with Crippen molar-refractivity contribution < 1.29 is 27.9 Å². The predicted octanol–water partition coefficient (Wildman–Crippen LogP) is 2.32. The van der Waals surface area contributed by atoms with Crippen molar-refractivity contribution >= 4 is 23.5 Å². The fourth-order valence-corrected chi connectivity index (χ4v) is 1.46. The standard InChI is InChI=1S/C11H9ClF3NO3/c1-10(9(18)19,16-8(17)11(13,14)15)6-2-4-7(12)5-3-6/h2-5H,1H3,(H,16,17)(H,18,19). The molecular weight excluding hydrogens is 287 g/mol. The molecule has 1 aromatic carbocycles. The molecule has 0 spiro atoms. The number of carboxylic acids is 1. The number of carboxylic acid groups (broad SMARTS) is 1. The lowest BCUT2D eigenvalue weighted by Crippen LogP contribution is -2.53. The third-order valence-corrected chi connectivity index (χ3v) is 2.72. The Morgan fingerprint density at radius 3 is 2.05 bits per heavy atom. The van der Waals surface area contributed by atoms with Crippen LogP contribution in [-0.4, -0.2) is 23.2 Å². The Morgan fingerprint density at radius 2 is 1.68 bits per heavy atom. The Kier molecular flexibility index (Phi) is 4.09. The number of carbonyl (C=O) groups excluding carboxylic acids is 1. The molecule has 19 heavy (non-hydrogen) atoms. The Balaban J connectivity index is 3.15. The van der Waals surface area contributed by atoms with Gasteiger partial charge in [-0.2, -0.15) is 13.2 Å². The van der Waals surface area contributed by atoms with Gasteiger partial charge in [0.2, 0.25) is 0 Å². The molecule has 1 rings (SSSR count). The summed E-state index contributed by atoms with van der Waals surface area (Å²) in [4.78, 5) is 22.1. The van der Waals surface area contributed by atoms with Crippen molar-refractivity contribution in [1.82, 2.24) is 5.32 Å². The molecule has 104 valence electrons. The minimum atomic E-state index is -5.16. The molecule has 0 radical (unpaired) electrons. The molecule has 0 heterocycles. The van der Waals surface area contributed by atoms with Crippen LogP contribution in [-0.2, 0) is 15.1 Å². The van der Waals surface area contributed by atoms with Crippen molar-refractivity contribution in [3.05, 3.63) is 34.9 Å². The maximum Gasteiger partial charge on any atom is 0.471 e. The summed E-state index contributed by atoms with van der Waals surface area (Å²) in [5.74, 6) is -3.94. The van der Waals surface area contributed by atoms with E-state index >= 15 is 0 Å². The minimum absolute atomic E-state index is 0.0259. The van der Waals surface area contributed by atoms with Gasteiger partial charge in [0.05, 0.1) is 0 Å². The van der Waals surface area contributed by atoms with Crippen LogP contribution in [0.15, 0.2) is 24.3 Å². The summed E-state index contributed by atoms with van der Waals surface area (Å²) in [6.07, 6.45) is -5.16. The summed E-state index contributed by atoms with van der Waals surface area (Å²) < 4.78 is 36.6. The largest absolute Gasteiger partial charge is 0.479 e. The molecule has 2 N–H and O–H groups in total. The number of carbonyl (C=O) groups is 2. The van der Waals surface area contributed by atoms with Gasteiger partial charge in [0, 0.05) is 5.02 Å². The van der Waals surface area contributed by atoms with Crippen molar-refractivity contribution in [2.75, 3.05) is 0 Å². The van der Waals surface area contributed by atoms with Crippen LogP contribution in [0.1, 0.15) is 12.5 Å². The molecule has 0 fully saturated rings. The number of hydrogen-bond donors (Lipinski definition) is 2. The van der Waals surface area contributed by atoms with Crippen LogP contribution in [0.3, 0.4) is 0 Å². The van der Waals surface area contributed by atoms with E-state index in [0.717, 1.165) is 6.92 Å². The molecule has 0 aliphatic carbocycles. The molecule has 4 nitrogen and oxygen atoms in total. The molecule has 1 unspecified atom stereocenters. The second kappa shape index (κ2) is 5.08. The minimum Gasteiger partial charge on any atom is -0.479 e. The summed E-state index contributed by atoms with van der Waals surface area (Å²) >= 11 is 5.60. The van der Waals surface area contributed by atoms with Gasteiger partial charge < -0.3 is 10.4 Å². The first-order chi connectivity index (χ1) is 8.57. The van der Waals surface area contributed by atoms with Crippen LogP contribution in [0.5, 0.6) is 0 Å². The highest BCUT2D eigenvalue weighted by Crippen LogP contribution is 2.25. The van der Waals surface area contributed by atoms with Crippen LogP contribution in [0.4, 0.5) is 13.2 Å². The van der Waals surface area contributed by atoms with E-state index in [1.165, 1.54) is 29.6 Å². The molecule has 0 aliphatic heterocycles. The lowest BCUT2D eigenvalue weighted by atomic mass is 9.92. The number of nitrogens with one attached hydrogen (secondary N) is 1. The number of hydrogen-bond acceptors (Lipinski definition) is 2. The number of rotatable bonds is 3. The highest BCUT2D eigenvalue weighted by Gasteiger charge is 2.46. The molecule has 0 saturated carbocycles. The smallest absolute Gasteiger partial charge is 0.471 e. The first-order valence-electron chi connectivity index (χ1n) is 4.96. The lowest BCUT2D eigenvalue weighted by Gasteiger charge is -2.27. The molecule has 1 aromatic rings. The quantitative estimate of drug-likeness (QED) is 0.899. The highest BCUT2D eigenvalue weighted by atomic mass is 35.5. The van der Waals surface area contributed by atoms with E-state index in [-0.39, 0.29) is 5.56 Å². The van der Waals surface area contributed by atoms with Gasteiger partial charge in [-0.15, -0.1) is 0 Å². The zero-order valence-corrected chi connectivity index (χ0v) is 10.3. The molecule has 0 aromatic heterocycles. The van der Waals surface area contributed by atoms with Gasteiger partial charge in [0.1, 0.15) is 0 Å². The maximum atomic E-state index is 12.2. The summed E-state index contributed by atoms with van der Waals surface area (Å²) in [6, 6.07) is 5.09. The van der Waals surface area contributed by atoms with Gasteiger partial charge in [-0.25, -0.2) is 4.79 Å². The topological polar surface area (TPSA) is 66.4 Å². The number of amides is 1. The van der Waals surface area contributed by atoms with Crippen molar-refractivity contribution in [1.29, 1.82) is 0 Å². The van der Waals surface area contributed by atoms with Crippen molar-refractivity contribution in [2.45, 2.75) is 18.6 Å². The van der Waals surface area contributed by atoms with Crippen molar-refractivity contribution in [2.24, 2.45) is 0 Å². The van der Waals surface area contributed by atoms with Crippen molar-refractivity contribution in [3.63, 3.8) is 0 Å². The van der Waals surface area contributed by atoms with Gasteiger partial charge in [-0.1, -0.05) is 23.7 Å². The van der Waals surface area contributed by atoms with Crippen molar-refractivity contribution in [3.8, 4) is 0 Å². The third-order valence-electron chi connectivity index (χ3n) is 2.47. The third kappa shape index (κ3) is 3.37. The normalized spacial score (nSPS) is 14.6. The fourth-order valence-electron chi connectivity index (χ4n) is 1.33. The Labute approximate surface area is 111 Å². The molecule has 1 atom stereocenters. The average Bonchev–Trinajstić information content (AvgIpc) is 2.28. The maximum absolute atomic E-state index is 12.2. The number of alkyl halides is 3. The summed E-state index contributed by atoms with van der Waals surface area (Å²) in [5, 5.41) is 10.8. The summed E-state index contributed by atoms with van der Waals surface area (Å²) in [6.45, 7) is 0.961. The van der Waals surface area contributed by atoms with Gasteiger partial charge in [-0.3, -0.25) is 4.79 Å². The van der Waals surface area contributed by atoms with Gasteiger partial charge in [0.15, 0.2) is 5.54 Å². The zero-order chi connectivity index (χ0) is 14.8. The Hall–Kier alpha value is -1.76. The van der Waals surface area contributed by atoms with Crippen LogP contribution in [0.2, 0.25) is 5.02 Å². The van der Waals surface area contributed by atoms with Crippen LogP contribution in [0, 0.1) is 0 Å². The van der Waals surface area contributed by atoms with Crippen LogP contribution in [0.25, 0.3) is 0 Å². The molecule has 1 amide bonds. The van der Waals surface area contributed by atoms with E-state index in [1.54, 1.807) is 0 Å². The number of benzene rings is 1. The van der Waals surface area contributed by atoms with Crippen LogP contribution < -0.4 is 5.32 Å². The first-order valence-corrected chi connectivity index (χ1v) is 5.34. The van der Waals surface area contributed by atoms with Gasteiger partial charge >= 0.3 is 18.1 Å². The summed E-state index contributed by atoms with van der Waals surface area (Å²) in [5.41, 5.74) is -2.22. The van der Waals surface area contributed by atoms with E-state index < -0.39 is 23.6 Å². The lowest BCUT2D eigenvalue weighted by molar-refractivity contribution is -0.177. The SMILES string of the molecule is CC(NC(=O)C(F)(F)F)(C(=O)O)c1ccc(Cl)cc1. The number of halogens is 4. The van der Waals surface area contributed by atoms with E-state index in [4.69, 9.17) is 16.7 Å². The molecule has 0 bridgehead atoms. The molecule has 8 heteroatoms. The average molecular weight is 296 g/mol. The molecule has 0 aliphatic rings. The van der Waals surface area contributed by atoms with E-state index in [2.05, 4.69) is 0 Å². The first kappa shape index (κ1) is 15.3. The Morgan fingerprint density at radius 1 is 1.21 bits per heavy atom. The fraction of sp³-hybridized carbons (Fsp3) is 0.273. The molecular formula is C11H9ClF3NO3. The molecule has 0 saturated heterocycles. The second-order valence-electron chi connectivity index (χ2n) is 3.89. The van der Waals surface area contributed by atoms with E-state index in [1.807, 2.05) is 0 Å². The predicted molar refractivity (Wildman–Crippen MR) is 60.6 cm³/mol. The zero-order valence-electron chi connectivity index (χ0n) is 9.58. The van der Waals surface area contributed by atoms with Gasteiger partial charge in [-0.05, 0) is 24.6 Å². The monoisotopic (exact) mass is 295 g/mol. The van der Waals surface area contributed by atoms with Gasteiger partial charge in [0.25, 0.3) is 0 Å². The van der Waals surface area contributed by atoms with E-state index in [0.29, 0.717) is 5.02 Å². The highest BCUT2D eigenvalue weighted by molar-refractivity contribution is 6.30. The van der Waals surface area contributed by atoms with Crippen LogP contribution >= 0.6 is 11.6 Å². The Bertz CT molecular complexity index is 501. The summed E-state index contributed by atoms with van der Waals surface area (Å²) in [7, 11) is 0. The number of aliphatic carboxylic acids is 1.